The average molecular weight is 318 g/mol. The van der Waals surface area contributed by atoms with Gasteiger partial charge >= 0.3 is 6.18 Å². The Hall–Kier alpha value is -1.14. The zero-order valence-corrected chi connectivity index (χ0v) is 13.1. The van der Waals surface area contributed by atoms with E-state index < -0.39 is 23.6 Å². The fourth-order valence-corrected chi connectivity index (χ4v) is 3.08. The van der Waals surface area contributed by atoms with Gasteiger partial charge in [-0.15, -0.1) is 0 Å². The van der Waals surface area contributed by atoms with E-state index in [0.717, 1.165) is 31.3 Å². The van der Waals surface area contributed by atoms with Crippen LogP contribution >= 0.6 is 0 Å². The predicted octanol–water partition coefficient (Wildman–Crippen LogP) is 3.84. The standard InChI is InChI=1S/C16H22F4N2/c1-15(2,3)14(22-8-6-21-7-9-22)12-10-11(16(18,19)20)4-5-13(12)17/h4-5,10,14,21H,6-9H2,1-3H3/t14-/m0/s1. The molecule has 1 heterocycles. The molecule has 0 bridgehead atoms. The first kappa shape index (κ1) is 17.2. The second-order valence-corrected chi connectivity index (χ2v) is 6.79. The van der Waals surface area contributed by atoms with Crippen LogP contribution in [-0.4, -0.2) is 31.1 Å². The molecule has 1 fully saturated rings. The third-order valence-electron chi connectivity index (χ3n) is 3.95. The van der Waals surface area contributed by atoms with Crippen LogP contribution in [0.5, 0.6) is 0 Å². The Labute approximate surface area is 128 Å². The van der Waals surface area contributed by atoms with E-state index in [-0.39, 0.29) is 11.0 Å². The average Bonchev–Trinajstić information content (AvgIpc) is 2.39. The fourth-order valence-electron chi connectivity index (χ4n) is 3.08. The van der Waals surface area contributed by atoms with Gasteiger partial charge in [0.2, 0.25) is 0 Å². The number of piperazine rings is 1. The molecule has 1 aliphatic heterocycles. The van der Waals surface area contributed by atoms with Crippen LogP contribution in [0, 0.1) is 11.2 Å². The maximum Gasteiger partial charge on any atom is 0.416 e. The summed E-state index contributed by atoms with van der Waals surface area (Å²) in [7, 11) is 0. The van der Waals surface area contributed by atoms with Crippen molar-refractivity contribution in [3.05, 3.63) is 35.1 Å². The highest BCUT2D eigenvalue weighted by molar-refractivity contribution is 5.30. The number of halogens is 4. The molecule has 1 N–H and O–H groups in total. The summed E-state index contributed by atoms with van der Waals surface area (Å²) in [4.78, 5) is 2.06. The first-order valence-electron chi connectivity index (χ1n) is 7.42. The predicted molar refractivity (Wildman–Crippen MR) is 78.0 cm³/mol. The summed E-state index contributed by atoms with van der Waals surface area (Å²) in [5.41, 5.74) is -1.04. The van der Waals surface area contributed by atoms with Crippen LogP contribution in [-0.2, 0) is 6.18 Å². The smallest absolute Gasteiger partial charge is 0.314 e. The van der Waals surface area contributed by atoms with Gasteiger partial charge in [-0.25, -0.2) is 4.39 Å². The molecule has 0 amide bonds. The number of nitrogens with one attached hydrogen (secondary N) is 1. The van der Waals surface area contributed by atoms with Crippen LogP contribution in [0.2, 0.25) is 0 Å². The van der Waals surface area contributed by atoms with E-state index in [1.807, 2.05) is 20.8 Å². The molecule has 1 aromatic rings. The van der Waals surface area contributed by atoms with Crippen LogP contribution < -0.4 is 5.32 Å². The summed E-state index contributed by atoms with van der Waals surface area (Å²) in [6.07, 6.45) is -4.46. The molecule has 0 unspecified atom stereocenters. The summed E-state index contributed by atoms with van der Waals surface area (Å²) in [6.45, 7) is 8.69. The lowest BCUT2D eigenvalue weighted by Crippen LogP contribution is -2.48. The van der Waals surface area contributed by atoms with Crippen molar-refractivity contribution in [2.24, 2.45) is 5.41 Å². The van der Waals surface area contributed by atoms with Gasteiger partial charge in [0.05, 0.1) is 5.56 Å². The SMILES string of the molecule is CC(C)(C)[C@H](c1cc(C(F)(F)F)ccc1F)N1CCNCC1. The minimum Gasteiger partial charge on any atom is -0.314 e. The number of rotatable bonds is 2. The van der Waals surface area contributed by atoms with Crippen LogP contribution in [0.3, 0.4) is 0 Å². The van der Waals surface area contributed by atoms with E-state index in [1.165, 1.54) is 0 Å². The quantitative estimate of drug-likeness (QED) is 0.834. The van der Waals surface area contributed by atoms with Crippen LogP contribution in [0.25, 0.3) is 0 Å². The fraction of sp³-hybridized carbons (Fsp3) is 0.625. The van der Waals surface area contributed by atoms with E-state index in [4.69, 9.17) is 0 Å². The van der Waals surface area contributed by atoms with Crippen molar-refractivity contribution in [2.75, 3.05) is 26.2 Å². The highest BCUT2D eigenvalue weighted by Crippen LogP contribution is 2.41. The Bertz CT molecular complexity index is 514. The molecule has 6 heteroatoms. The second kappa shape index (κ2) is 6.16. The van der Waals surface area contributed by atoms with Gasteiger partial charge in [0.25, 0.3) is 0 Å². The second-order valence-electron chi connectivity index (χ2n) is 6.79. The molecule has 22 heavy (non-hydrogen) atoms. The molecular formula is C16H22F4N2. The van der Waals surface area contributed by atoms with Crippen molar-refractivity contribution in [3.8, 4) is 0 Å². The maximum atomic E-state index is 14.3. The summed E-state index contributed by atoms with van der Waals surface area (Å²) in [5.74, 6) is -0.577. The molecule has 124 valence electrons. The zero-order chi connectivity index (χ0) is 16.5. The van der Waals surface area contributed by atoms with Crippen molar-refractivity contribution in [3.63, 3.8) is 0 Å². The summed E-state index contributed by atoms with van der Waals surface area (Å²) >= 11 is 0. The zero-order valence-electron chi connectivity index (χ0n) is 13.1. The largest absolute Gasteiger partial charge is 0.416 e. The number of hydrogen-bond donors (Lipinski definition) is 1. The third kappa shape index (κ3) is 3.79. The molecule has 0 radical (unpaired) electrons. The molecule has 1 saturated heterocycles. The maximum absolute atomic E-state index is 14.3. The molecule has 1 aromatic carbocycles. The minimum atomic E-state index is -4.46. The Morgan fingerprint density at radius 2 is 1.68 bits per heavy atom. The third-order valence-corrected chi connectivity index (χ3v) is 3.95. The summed E-state index contributed by atoms with van der Waals surface area (Å²) < 4.78 is 53.2. The van der Waals surface area contributed by atoms with E-state index >= 15 is 0 Å². The van der Waals surface area contributed by atoms with Crippen LogP contribution in [0.15, 0.2) is 18.2 Å². The monoisotopic (exact) mass is 318 g/mol. The summed E-state index contributed by atoms with van der Waals surface area (Å²) in [5, 5.41) is 3.21. The first-order chi connectivity index (χ1) is 10.1. The molecular weight excluding hydrogens is 296 g/mol. The van der Waals surface area contributed by atoms with E-state index in [2.05, 4.69) is 10.2 Å². The number of alkyl halides is 3. The van der Waals surface area contributed by atoms with Gasteiger partial charge in [-0.2, -0.15) is 13.2 Å². The molecule has 1 aliphatic rings. The number of benzene rings is 1. The van der Waals surface area contributed by atoms with Crippen molar-refractivity contribution < 1.29 is 17.6 Å². The molecule has 2 rings (SSSR count). The first-order valence-corrected chi connectivity index (χ1v) is 7.42. The Kier molecular flexibility index (Phi) is 4.82. The lowest BCUT2D eigenvalue weighted by atomic mass is 9.80. The molecule has 0 aliphatic carbocycles. The van der Waals surface area contributed by atoms with E-state index in [9.17, 15) is 17.6 Å². The van der Waals surface area contributed by atoms with Crippen LogP contribution in [0.4, 0.5) is 17.6 Å². The number of hydrogen-bond acceptors (Lipinski definition) is 2. The van der Waals surface area contributed by atoms with Gasteiger partial charge in [-0.1, -0.05) is 20.8 Å². The Morgan fingerprint density at radius 3 is 2.18 bits per heavy atom. The molecule has 1 atom stereocenters. The van der Waals surface area contributed by atoms with E-state index in [1.54, 1.807) is 0 Å². The Balaban J connectivity index is 2.47. The Morgan fingerprint density at radius 1 is 1.09 bits per heavy atom. The minimum absolute atomic E-state index is 0.129. The van der Waals surface area contributed by atoms with Gasteiger partial charge in [0.1, 0.15) is 5.82 Å². The van der Waals surface area contributed by atoms with Gasteiger partial charge in [0, 0.05) is 37.8 Å². The summed E-state index contributed by atoms with van der Waals surface area (Å²) in [6, 6.07) is 2.31. The van der Waals surface area contributed by atoms with Crippen molar-refractivity contribution >= 4 is 0 Å². The lowest BCUT2D eigenvalue weighted by molar-refractivity contribution is -0.137. The lowest BCUT2D eigenvalue weighted by Gasteiger charge is -2.42. The van der Waals surface area contributed by atoms with Gasteiger partial charge in [0.15, 0.2) is 0 Å². The molecule has 0 spiro atoms. The number of nitrogens with zero attached hydrogens (tertiary/aromatic N) is 1. The molecule has 0 aromatic heterocycles. The van der Waals surface area contributed by atoms with Gasteiger partial charge in [-0.3, -0.25) is 4.90 Å². The molecule has 2 nitrogen and oxygen atoms in total. The molecule has 0 saturated carbocycles. The highest BCUT2D eigenvalue weighted by Gasteiger charge is 2.37. The van der Waals surface area contributed by atoms with Gasteiger partial charge in [-0.05, 0) is 23.6 Å². The van der Waals surface area contributed by atoms with Crippen LogP contribution in [0.1, 0.15) is 37.9 Å². The van der Waals surface area contributed by atoms with Crippen molar-refractivity contribution in [2.45, 2.75) is 33.0 Å². The topological polar surface area (TPSA) is 15.3 Å². The van der Waals surface area contributed by atoms with Crippen molar-refractivity contribution in [1.82, 2.24) is 10.2 Å². The van der Waals surface area contributed by atoms with Gasteiger partial charge < -0.3 is 5.32 Å². The highest BCUT2D eigenvalue weighted by atomic mass is 19.4. The van der Waals surface area contributed by atoms with E-state index in [0.29, 0.717) is 13.1 Å². The normalized spacial score (nSPS) is 19.2. The van der Waals surface area contributed by atoms with Crippen molar-refractivity contribution in [1.29, 1.82) is 0 Å².